The maximum absolute atomic E-state index is 10.7. The van der Waals surface area contributed by atoms with Gasteiger partial charge in [0.15, 0.2) is 0 Å². The van der Waals surface area contributed by atoms with Crippen molar-refractivity contribution in [3.8, 4) is 5.75 Å². The van der Waals surface area contributed by atoms with Crippen LogP contribution >= 0.6 is 11.6 Å². The summed E-state index contributed by atoms with van der Waals surface area (Å²) >= 11 is 5.21. The van der Waals surface area contributed by atoms with Crippen molar-refractivity contribution in [2.75, 3.05) is 7.11 Å². The van der Waals surface area contributed by atoms with Crippen LogP contribution in [0.15, 0.2) is 24.3 Å². The molecule has 0 aliphatic rings. The van der Waals surface area contributed by atoms with Crippen LogP contribution in [-0.4, -0.2) is 18.5 Å². The van der Waals surface area contributed by atoms with Gasteiger partial charge in [-0.15, -0.1) is 0 Å². The van der Waals surface area contributed by atoms with Crippen LogP contribution in [0.25, 0.3) is 0 Å². The van der Waals surface area contributed by atoms with Crippen molar-refractivity contribution in [1.29, 1.82) is 0 Å². The Labute approximate surface area is 91.7 Å². The first-order valence-electron chi connectivity index (χ1n) is 4.15. The van der Waals surface area contributed by atoms with E-state index in [1.165, 1.54) is 7.11 Å². The van der Waals surface area contributed by atoms with E-state index >= 15 is 0 Å². The monoisotopic (exact) mass is 228 g/mol. The molecule has 0 radical (unpaired) electrons. The highest BCUT2D eigenvalue weighted by Gasteiger charge is 2.04. The van der Waals surface area contributed by atoms with Crippen LogP contribution in [0.1, 0.15) is 5.56 Å². The van der Waals surface area contributed by atoms with Gasteiger partial charge < -0.3 is 9.47 Å². The Kier molecular flexibility index (Phi) is 4.12. The lowest BCUT2D eigenvalue weighted by Crippen LogP contribution is -2.07. The summed E-state index contributed by atoms with van der Waals surface area (Å²) < 4.78 is 9.06. The zero-order valence-corrected chi connectivity index (χ0v) is 8.78. The summed E-state index contributed by atoms with van der Waals surface area (Å²) in [4.78, 5) is 21.3. The molecule has 4 nitrogen and oxygen atoms in total. The summed E-state index contributed by atoms with van der Waals surface area (Å²) in [5.74, 6) is 0.354. The van der Waals surface area contributed by atoms with Crippen molar-refractivity contribution >= 4 is 23.0 Å². The lowest BCUT2D eigenvalue weighted by Gasteiger charge is -2.02. The average molecular weight is 229 g/mol. The Morgan fingerprint density at radius 3 is 2.33 bits per heavy atom. The highest BCUT2D eigenvalue weighted by atomic mass is 35.5. The fraction of sp³-hybridized carbons (Fsp3) is 0.200. The van der Waals surface area contributed by atoms with Crippen molar-refractivity contribution < 1.29 is 19.1 Å². The van der Waals surface area contributed by atoms with Gasteiger partial charge in [0, 0.05) is 6.42 Å². The molecule has 0 fully saturated rings. The van der Waals surface area contributed by atoms with Crippen molar-refractivity contribution in [3.05, 3.63) is 29.8 Å². The molecule has 0 heterocycles. The van der Waals surface area contributed by atoms with E-state index in [0.717, 1.165) is 5.56 Å². The van der Waals surface area contributed by atoms with E-state index in [9.17, 15) is 9.59 Å². The fourth-order valence-corrected chi connectivity index (χ4v) is 1.13. The molecule has 80 valence electrons. The number of methoxy groups -OCH3 is 1. The number of halogens is 1. The van der Waals surface area contributed by atoms with E-state index < -0.39 is 11.4 Å². The molecular formula is C10H9ClO4. The molecule has 0 aliphatic carbocycles. The Morgan fingerprint density at radius 1 is 1.27 bits per heavy atom. The fourth-order valence-electron chi connectivity index (χ4n) is 0.974. The van der Waals surface area contributed by atoms with Crippen LogP contribution in [0.4, 0.5) is 4.79 Å². The summed E-state index contributed by atoms with van der Waals surface area (Å²) in [5, 5.41) is -0.434. The molecule has 0 aromatic heterocycles. The molecule has 5 heteroatoms. The third-order valence-corrected chi connectivity index (χ3v) is 1.77. The number of carbonyl (C=O) groups is 2. The lowest BCUT2D eigenvalue weighted by atomic mass is 10.2. The summed E-state index contributed by atoms with van der Waals surface area (Å²) in [7, 11) is 1.23. The van der Waals surface area contributed by atoms with Crippen molar-refractivity contribution in [1.82, 2.24) is 0 Å². The molecule has 0 aliphatic heterocycles. The Hall–Kier alpha value is -1.55. The topological polar surface area (TPSA) is 52.6 Å². The second-order valence-corrected chi connectivity index (χ2v) is 3.15. The summed E-state index contributed by atoms with van der Waals surface area (Å²) in [5.41, 5.74) is 0.757. The van der Waals surface area contributed by atoms with E-state index in [-0.39, 0.29) is 6.42 Å². The molecule has 0 saturated carbocycles. The molecule has 0 bridgehead atoms. The summed E-state index contributed by atoms with van der Waals surface area (Å²) in [6, 6.07) is 6.43. The van der Waals surface area contributed by atoms with Gasteiger partial charge in [-0.25, -0.2) is 4.79 Å². The van der Waals surface area contributed by atoms with Crippen LogP contribution in [0.5, 0.6) is 5.75 Å². The van der Waals surface area contributed by atoms with Crippen LogP contribution in [0.2, 0.25) is 0 Å². The minimum absolute atomic E-state index is 0.153. The first-order valence-corrected chi connectivity index (χ1v) is 4.52. The third-order valence-electron chi connectivity index (χ3n) is 1.63. The van der Waals surface area contributed by atoms with Gasteiger partial charge in [-0.1, -0.05) is 12.1 Å². The molecule has 1 aromatic carbocycles. The van der Waals surface area contributed by atoms with Gasteiger partial charge in [-0.3, -0.25) is 4.79 Å². The first-order chi connectivity index (χ1) is 7.11. The van der Waals surface area contributed by atoms with Crippen LogP contribution < -0.4 is 4.74 Å². The molecule has 0 unspecified atom stereocenters. The molecule has 0 amide bonds. The first kappa shape index (κ1) is 11.5. The van der Waals surface area contributed by atoms with Gasteiger partial charge in [-0.05, 0) is 29.3 Å². The highest BCUT2D eigenvalue weighted by Crippen LogP contribution is 2.13. The van der Waals surface area contributed by atoms with Gasteiger partial charge in [0.1, 0.15) is 5.75 Å². The number of rotatable bonds is 3. The van der Waals surface area contributed by atoms with E-state index in [2.05, 4.69) is 4.74 Å². The second-order valence-electron chi connectivity index (χ2n) is 2.73. The minimum atomic E-state index is -0.781. The molecule has 1 rings (SSSR count). The average Bonchev–Trinajstić information content (AvgIpc) is 2.20. The molecule has 0 saturated heterocycles. The maximum Gasteiger partial charge on any atom is 0.513 e. The molecule has 0 N–H and O–H groups in total. The van der Waals surface area contributed by atoms with E-state index in [1.54, 1.807) is 24.3 Å². The lowest BCUT2D eigenvalue weighted by molar-refractivity contribution is -0.111. The largest absolute Gasteiger partial charge is 0.513 e. The van der Waals surface area contributed by atoms with Gasteiger partial charge in [-0.2, -0.15) is 0 Å². The van der Waals surface area contributed by atoms with Gasteiger partial charge in [0.05, 0.1) is 7.11 Å². The van der Waals surface area contributed by atoms with E-state index in [4.69, 9.17) is 16.3 Å². The summed E-state index contributed by atoms with van der Waals surface area (Å²) in [6.45, 7) is 0. The van der Waals surface area contributed by atoms with Crippen molar-refractivity contribution in [2.24, 2.45) is 0 Å². The van der Waals surface area contributed by atoms with Gasteiger partial charge >= 0.3 is 6.16 Å². The zero-order chi connectivity index (χ0) is 11.3. The van der Waals surface area contributed by atoms with Crippen LogP contribution in [0.3, 0.4) is 0 Å². The Morgan fingerprint density at radius 2 is 1.87 bits per heavy atom. The molecule has 1 aromatic rings. The molecule has 0 spiro atoms. The van der Waals surface area contributed by atoms with E-state index in [1.807, 2.05) is 0 Å². The third kappa shape index (κ3) is 3.99. The van der Waals surface area contributed by atoms with E-state index in [0.29, 0.717) is 5.75 Å². The normalized spacial score (nSPS) is 9.47. The Bertz CT molecular complexity index is 358. The standard InChI is InChI=1S/C10H9ClO4/c1-14-10(13)15-8-4-2-7(3-5-8)6-9(11)12/h2-5H,6H2,1H3. The predicted octanol–water partition coefficient (Wildman–Crippen LogP) is 2.14. The predicted molar refractivity (Wildman–Crippen MR) is 54.0 cm³/mol. The SMILES string of the molecule is COC(=O)Oc1ccc(CC(=O)Cl)cc1. The van der Waals surface area contributed by atoms with Gasteiger partial charge in [0.25, 0.3) is 0 Å². The molecular weight excluding hydrogens is 220 g/mol. The number of hydrogen-bond donors (Lipinski definition) is 0. The minimum Gasteiger partial charge on any atom is -0.437 e. The number of ether oxygens (including phenoxy) is 2. The van der Waals surface area contributed by atoms with Gasteiger partial charge in [0.2, 0.25) is 5.24 Å². The number of benzene rings is 1. The van der Waals surface area contributed by atoms with Crippen molar-refractivity contribution in [3.63, 3.8) is 0 Å². The van der Waals surface area contributed by atoms with Crippen LogP contribution in [0, 0.1) is 0 Å². The number of hydrogen-bond acceptors (Lipinski definition) is 4. The molecule has 15 heavy (non-hydrogen) atoms. The zero-order valence-electron chi connectivity index (χ0n) is 8.03. The van der Waals surface area contributed by atoms with Crippen LogP contribution in [-0.2, 0) is 16.0 Å². The second kappa shape index (κ2) is 5.36. The van der Waals surface area contributed by atoms with Crippen molar-refractivity contribution in [2.45, 2.75) is 6.42 Å². The Balaban J connectivity index is 2.64. The number of carbonyl (C=O) groups excluding carboxylic acids is 2. The summed E-state index contributed by atoms with van der Waals surface area (Å²) in [6.07, 6.45) is -0.628. The molecule has 0 atom stereocenters. The quantitative estimate of drug-likeness (QED) is 0.452. The smallest absolute Gasteiger partial charge is 0.437 e. The maximum atomic E-state index is 10.7. The highest BCUT2D eigenvalue weighted by molar-refractivity contribution is 6.63.